The van der Waals surface area contributed by atoms with Crippen LogP contribution >= 0.6 is 0 Å². The topological polar surface area (TPSA) is 197 Å². The lowest BCUT2D eigenvalue weighted by Gasteiger charge is -2.56. The van der Waals surface area contributed by atoms with Crippen LogP contribution in [0.15, 0.2) is 77.8 Å². The number of piperidine rings is 1. The number of H-pyrrole nitrogens is 1. The summed E-state index contributed by atoms with van der Waals surface area (Å²) in [6.45, 7) is 12.2. The summed E-state index contributed by atoms with van der Waals surface area (Å²) >= 11 is 0. The fraction of sp³-hybridized carbons (Fsp3) is 0.519. The van der Waals surface area contributed by atoms with Gasteiger partial charge in [0.05, 0.1) is 46.9 Å². The molecular weight excluding hydrogens is 951 g/mol. The molecule has 2 aromatic heterocycles. The summed E-state index contributed by atoms with van der Waals surface area (Å²) in [5.74, 6) is 0.00598. The van der Waals surface area contributed by atoms with Crippen LogP contribution in [-0.2, 0) is 19.5 Å². The molecule has 5 fully saturated rings. The van der Waals surface area contributed by atoms with Crippen LogP contribution in [0.25, 0.3) is 11.0 Å². The minimum atomic E-state index is -4.69. The summed E-state index contributed by atoms with van der Waals surface area (Å²) in [5.41, 5.74) is 5.72. The molecule has 1 aliphatic carbocycles. The van der Waals surface area contributed by atoms with Gasteiger partial charge in [-0.2, -0.15) is 4.98 Å². The molecule has 0 unspecified atom stereocenters. The summed E-state index contributed by atoms with van der Waals surface area (Å²) in [7, 11) is -4.69. The van der Waals surface area contributed by atoms with Gasteiger partial charge in [0, 0.05) is 93.3 Å². The molecule has 0 bridgehead atoms. The van der Waals surface area contributed by atoms with E-state index in [0.29, 0.717) is 86.8 Å². The van der Waals surface area contributed by atoms with Gasteiger partial charge in [-0.1, -0.05) is 38.1 Å². The number of nitrogens with zero attached hydrogens (tertiary/aromatic N) is 6. The molecule has 18 nitrogen and oxygen atoms in total. The first kappa shape index (κ1) is 48.0. The first-order valence-electron chi connectivity index (χ1n) is 26.2. The van der Waals surface area contributed by atoms with Crippen molar-refractivity contribution in [2.45, 2.75) is 93.8 Å². The number of aromatic nitrogens is 2. The summed E-state index contributed by atoms with van der Waals surface area (Å²) < 4.78 is 55.1. The van der Waals surface area contributed by atoms with Crippen molar-refractivity contribution in [1.29, 1.82) is 0 Å². The van der Waals surface area contributed by atoms with Crippen molar-refractivity contribution in [1.82, 2.24) is 24.5 Å². The first-order chi connectivity index (χ1) is 35.4. The van der Waals surface area contributed by atoms with E-state index < -0.39 is 31.4 Å². The third-order valence-electron chi connectivity index (χ3n) is 16.8. The minimum Gasteiger partial charge on any atom is -0.489 e. The van der Waals surface area contributed by atoms with Gasteiger partial charge in [-0.3, -0.25) is 24.7 Å². The van der Waals surface area contributed by atoms with Crippen molar-refractivity contribution in [2.24, 2.45) is 11.3 Å². The molecule has 6 aliphatic heterocycles. The molecule has 8 heterocycles. The maximum Gasteiger partial charge on any atom is 0.297 e. The highest BCUT2D eigenvalue weighted by atomic mass is 32.2. The number of aromatic amines is 1. The Balaban J connectivity index is 0.830. The Bertz CT molecular complexity index is 3020. The molecule has 12 rings (SSSR count). The van der Waals surface area contributed by atoms with E-state index in [1.807, 2.05) is 30.5 Å². The Labute approximate surface area is 425 Å². The van der Waals surface area contributed by atoms with Crippen LogP contribution in [0.3, 0.4) is 0 Å². The number of amides is 1. The predicted octanol–water partition coefficient (Wildman–Crippen LogP) is 7.74. The number of carbonyl (C=O) groups is 1. The van der Waals surface area contributed by atoms with E-state index in [0.717, 1.165) is 62.7 Å². The highest BCUT2D eigenvalue weighted by Crippen LogP contribution is 2.55. The zero-order valence-corrected chi connectivity index (χ0v) is 42.4. The van der Waals surface area contributed by atoms with Crippen LogP contribution in [0.1, 0.15) is 92.2 Å². The van der Waals surface area contributed by atoms with Crippen molar-refractivity contribution in [2.75, 3.05) is 94.0 Å². The second-order valence-corrected chi connectivity index (χ2v) is 23.3. The van der Waals surface area contributed by atoms with Gasteiger partial charge >= 0.3 is 0 Å². The zero-order valence-electron chi connectivity index (χ0n) is 41.6. The second kappa shape index (κ2) is 19.4. The number of likely N-dealkylation sites (tertiary alicyclic amines) is 1. The monoisotopic (exact) mass is 1020 g/mol. The lowest BCUT2D eigenvalue weighted by Crippen LogP contribution is -2.55. The number of hydrogen-bond acceptors (Lipinski definition) is 15. The molecule has 4 atom stereocenters. The molecule has 4 saturated heterocycles. The smallest absolute Gasteiger partial charge is 0.297 e. The SMILES string of the molecule is CC(C)c1ccccc1[C@@H]1CCCN1C1CC2(CCN(c3ccc(C(=O)NS(=O)(=O)c4cc5c(c([N+](=O)[O-])c4)N[C@@H](CN4CCOCC4)CO5)c(N4C[C@@H]5CCOC[C@H]5Oc5nc6[nH]ccc6cc54)c3)CC2)C1. The van der Waals surface area contributed by atoms with Gasteiger partial charge in [-0.25, -0.2) is 13.1 Å². The number of sulfonamides is 1. The van der Waals surface area contributed by atoms with Gasteiger partial charge in [0.25, 0.3) is 21.6 Å². The van der Waals surface area contributed by atoms with E-state index in [-0.39, 0.29) is 47.1 Å². The Morgan fingerprint density at radius 2 is 1.77 bits per heavy atom. The zero-order chi connectivity index (χ0) is 50.0. The van der Waals surface area contributed by atoms with Crippen LogP contribution < -0.4 is 29.3 Å². The summed E-state index contributed by atoms with van der Waals surface area (Å²) in [6, 6.07) is 21.6. The summed E-state index contributed by atoms with van der Waals surface area (Å²) in [4.78, 5) is 43.8. The molecule has 7 aliphatic rings. The van der Waals surface area contributed by atoms with Crippen LogP contribution in [0, 0.1) is 21.4 Å². The lowest BCUT2D eigenvalue weighted by molar-refractivity contribution is -0.384. The highest BCUT2D eigenvalue weighted by Gasteiger charge is 2.50. The Morgan fingerprint density at radius 1 is 0.945 bits per heavy atom. The molecule has 3 N–H and O–H groups in total. The molecule has 3 aromatic carbocycles. The van der Waals surface area contributed by atoms with Gasteiger partial charge < -0.3 is 39.0 Å². The fourth-order valence-corrected chi connectivity index (χ4v) is 13.9. The molecule has 5 aromatic rings. The normalized spacial score (nSPS) is 24.4. The molecule has 1 saturated carbocycles. The van der Waals surface area contributed by atoms with E-state index in [9.17, 15) is 23.3 Å². The van der Waals surface area contributed by atoms with Crippen LogP contribution in [0.2, 0.25) is 0 Å². The van der Waals surface area contributed by atoms with E-state index in [4.69, 9.17) is 23.9 Å². The van der Waals surface area contributed by atoms with Gasteiger partial charge in [0.1, 0.15) is 24.0 Å². The quantitative estimate of drug-likeness (QED) is 0.0858. The number of rotatable bonds is 11. The largest absolute Gasteiger partial charge is 0.489 e. The average Bonchev–Trinajstić information content (AvgIpc) is 4.04. The number of morpholine rings is 1. The molecule has 0 radical (unpaired) electrons. The lowest BCUT2D eigenvalue weighted by atomic mass is 9.59. The van der Waals surface area contributed by atoms with Crippen molar-refractivity contribution in [3.8, 4) is 11.6 Å². The molecule has 73 heavy (non-hydrogen) atoms. The Kier molecular flexibility index (Phi) is 12.7. The molecule has 1 spiro atoms. The van der Waals surface area contributed by atoms with Crippen molar-refractivity contribution < 1.29 is 37.1 Å². The average molecular weight is 1020 g/mol. The number of benzene rings is 3. The summed E-state index contributed by atoms with van der Waals surface area (Å²) in [5, 5.41) is 16.6. The third-order valence-corrected chi connectivity index (χ3v) is 18.1. The minimum absolute atomic E-state index is 0.00169. The number of hydrogen-bond donors (Lipinski definition) is 3. The number of carbonyl (C=O) groups excluding carboxylic acids is 1. The number of ether oxygens (including phenoxy) is 4. The maximum atomic E-state index is 14.8. The van der Waals surface area contributed by atoms with E-state index in [2.05, 4.69) is 72.7 Å². The van der Waals surface area contributed by atoms with Gasteiger partial charge in [-0.05, 0) is 104 Å². The van der Waals surface area contributed by atoms with Gasteiger partial charge in [-0.15, -0.1) is 0 Å². The molecule has 386 valence electrons. The highest BCUT2D eigenvalue weighted by molar-refractivity contribution is 7.90. The van der Waals surface area contributed by atoms with E-state index >= 15 is 0 Å². The Hall–Kier alpha value is -5.99. The van der Waals surface area contributed by atoms with Crippen molar-refractivity contribution >= 4 is 55.4 Å². The second-order valence-electron chi connectivity index (χ2n) is 21.6. The first-order valence-corrected chi connectivity index (χ1v) is 27.7. The maximum absolute atomic E-state index is 14.8. The number of pyridine rings is 1. The van der Waals surface area contributed by atoms with Crippen LogP contribution in [0.4, 0.5) is 28.4 Å². The third kappa shape index (κ3) is 9.25. The number of anilines is 4. The molecule has 19 heteroatoms. The van der Waals surface area contributed by atoms with Gasteiger partial charge in [0.2, 0.25) is 5.88 Å². The van der Waals surface area contributed by atoms with Crippen molar-refractivity contribution in [3.63, 3.8) is 0 Å². The summed E-state index contributed by atoms with van der Waals surface area (Å²) in [6.07, 6.45) is 9.17. The van der Waals surface area contributed by atoms with Crippen molar-refractivity contribution in [3.05, 3.63) is 99.7 Å². The molecule has 1 amide bonds. The number of nitro benzene ring substituents is 1. The Morgan fingerprint density at radius 3 is 2.58 bits per heavy atom. The van der Waals surface area contributed by atoms with Crippen LogP contribution in [0.5, 0.6) is 11.6 Å². The van der Waals surface area contributed by atoms with Gasteiger partial charge in [0.15, 0.2) is 11.4 Å². The number of fused-ring (bicyclic) bond motifs is 4. The fourth-order valence-electron chi connectivity index (χ4n) is 12.9. The number of nitrogens with one attached hydrogen (secondary N) is 3. The van der Waals surface area contributed by atoms with E-state index in [1.165, 1.54) is 42.9 Å². The van der Waals surface area contributed by atoms with Crippen LogP contribution in [-0.4, -0.2) is 136 Å². The molecular formula is C54H65N9O9S. The standard InChI is InChI=1S/C54H65N9O9S/c1-34(2)41-6-3-4-7-42(41)44-8-5-16-61(44)39-28-54(29-39)13-17-60(18-14-54)38-9-10-43(45(25-38)62-30-36-12-21-70-33-49(36)72-53-47(62)24-35-11-15-55-51(35)57-53)52(64)58-73(67,68)40-26-46(63(65)66)50-48(27-40)71-32-37(56-50)31-59-19-22-69-23-20-59/h3-4,6-7,9-11,15,24-27,34,36-37,39,44,49,56H,5,8,12-14,16-23,28-33H2,1-2H3,(H,55,57)(H,58,64)/t36-,37-,44-,49+/m0/s1. The number of nitro groups is 1. The van der Waals surface area contributed by atoms with E-state index in [1.54, 1.807) is 6.07 Å². The predicted molar refractivity (Wildman–Crippen MR) is 277 cm³/mol.